The minimum absolute atomic E-state index is 0.110. The molecule has 9 heteroatoms. The van der Waals surface area contributed by atoms with Crippen molar-refractivity contribution >= 4 is 34.9 Å². The highest BCUT2D eigenvalue weighted by atomic mass is 127. The van der Waals surface area contributed by atoms with Crippen molar-refractivity contribution in [3.05, 3.63) is 34.9 Å². The molecular weight excluding hydrogens is 498 g/mol. The summed E-state index contributed by atoms with van der Waals surface area (Å²) in [5.74, 6) is -1.76. The number of aliphatic imine (C=N–C) groups is 1. The molecule has 0 radical (unpaired) electrons. The van der Waals surface area contributed by atoms with Gasteiger partial charge in [0.1, 0.15) is 23.0 Å². The van der Waals surface area contributed by atoms with Crippen LogP contribution in [0.25, 0.3) is 0 Å². The molecule has 2 N–H and O–H groups in total. The Hall–Kier alpha value is -1.36. The van der Waals surface area contributed by atoms with Crippen molar-refractivity contribution in [1.82, 2.24) is 4.90 Å². The van der Waals surface area contributed by atoms with E-state index >= 15 is 0 Å². The number of fused-ring (bicyclic) bond motifs is 3. The summed E-state index contributed by atoms with van der Waals surface area (Å²) in [7, 11) is 1.57. The number of halogens is 4. The number of nitrogens with two attached hydrogens (primary N) is 1. The smallest absolute Gasteiger partial charge is 0.369 e. The highest BCUT2D eigenvalue weighted by molar-refractivity contribution is 14.1. The molecule has 1 aromatic rings. The van der Waals surface area contributed by atoms with Gasteiger partial charge in [-0.25, -0.2) is 4.99 Å². The molecule has 2 aliphatic carbocycles. The lowest BCUT2D eigenvalue weighted by atomic mass is 9.61. The van der Waals surface area contributed by atoms with Crippen molar-refractivity contribution in [2.45, 2.75) is 62.8 Å². The maximum Gasteiger partial charge on any atom is 0.395 e. The highest BCUT2D eigenvalue weighted by Crippen LogP contribution is 2.62. The fourth-order valence-corrected chi connectivity index (χ4v) is 5.76. The van der Waals surface area contributed by atoms with Gasteiger partial charge in [-0.05, 0) is 55.7 Å². The van der Waals surface area contributed by atoms with E-state index < -0.39 is 23.0 Å². The van der Waals surface area contributed by atoms with Crippen molar-refractivity contribution in [3.63, 3.8) is 0 Å². The van der Waals surface area contributed by atoms with E-state index in [1.165, 1.54) is 17.0 Å². The van der Waals surface area contributed by atoms with Crippen molar-refractivity contribution in [3.8, 4) is 0 Å². The van der Waals surface area contributed by atoms with Gasteiger partial charge in [0.2, 0.25) is 0 Å². The lowest BCUT2D eigenvalue weighted by Crippen LogP contribution is -2.51. The number of carbonyl (C=O) groups excluding carboxylic acids is 1. The third kappa shape index (κ3) is 2.90. The molecular formula is C20H23F3IN3O2. The molecule has 1 fully saturated rings. The lowest BCUT2D eigenvalue weighted by molar-refractivity contribution is -0.146. The average Bonchev–Trinajstić information content (AvgIpc) is 3.08. The molecule has 1 heterocycles. The van der Waals surface area contributed by atoms with Crippen LogP contribution in [0.5, 0.6) is 0 Å². The summed E-state index contributed by atoms with van der Waals surface area (Å²) in [6, 6.07) is 4.80. The molecule has 2 unspecified atom stereocenters. The molecule has 29 heavy (non-hydrogen) atoms. The molecule has 0 saturated heterocycles. The molecule has 2 atom stereocenters. The van der Waals surface area contributed by atoms with Gasteiger partial charge in [-0.3, -0.25) is 9.69 Å². The highest BCUT2D eigenvalue weighted by Gasteiger charge is 2.66. The fraction of sp³-hybridized carbons (Fsp3) is 0.600. The van der Waals surface area contributed by atoms with Gasteiger partial charge in [0.25, 0.3) is 5.91 Å². The van der Waals surface area contributed by atoms with E-state index in [9.17, 15) is 18.0 Å². The zero-order valence-electron chi connectivity index (χ0n) is 16.2. The second-order valence-electron chi connectivity index (χ2n) is 8.47. The minimum atomic E-state index is -4.36. The van der Waals surface area contributed by atoms with Crippen LogP contribution in [0.4, 0.5) is 13.2 Å². The Balaban J connectivity index is 1.86. The largest absolute Gasteiger partial charge is 0.395 e. The van der Waals surface area contributed by atoms with E-state index in [4.69, 9.17) is 8.80 Å². The molecule has 1 aromatic carbocycles. The van der Waals surface area contributed by atoms with Gasteiger partial charge < -0.3 is 8.80 Å². The number of benzene rings is 1. The van der Waals surface area contributed by atoms with Gasteiger partial charge in [-0.1, -0.05) is 18.2 Å². The van der Waals surface area contributed by atoms with E-state index in [0.29, 0.717) is 24.8 Å². The Labute approximate surface area is 181 Å². The average molecular weight is 521 g/mol. The minimum Gasteiger partial charge on any atom is -0.369 e. The number of carbonyl (C=O) groups is 1. The number of hydrogen-bond donors (Lipinski definition) is 1. The second-order valence-corrected chi connectivity index (χ2v) is 8.98. The Morgan fingerprint density at radius 2 is 2.00 bits per heavy atom. The van der Waals surface area contributed by atoms with Crippen LogP contribution in [0.1, 0.15) is 55.2 Å². The first kappa shape index (κ1) is 20.9. The topological polar surface area (TPSA) is 67.9 Å². The van der Waals surface area contributed by atoms with Gasteiger partial charge in [-0.15, -0.1) is 0 Å². The number of rotatable bonds is 2. The fourth-order valence-electron chi connectivity index (χ4n) is 5.26. The predicted octanol–water partition coefficient (Wildman–Crippen LogP) is 4.19. The van der Waals surface area contributed by atoms with Crippen LogP contribution in [0.2, 0.25) is 0 Å². The molecule has 158 valence electrons. The van der Waals surface area contributed by atoms with Crippen LogP contribution in [-0.2, 0) is 19.8 Å². The number of nitrogens with zero attached hydrogens (tertiary/aromatic N) is 2. The van der Waals surface area contributed by atoms with Crippen LogP contribution in [0.15, 0.2) is 23.2 Å². The van der Waals surface area contributed by atoms with Crippen LogP contribution in [0, 0.1) is 5.41 Å². The number of guanidine groups is 1. The SMILES string of the molecule is CC(c1ccc2c(c1)C1(N=C(N)N(C)C1=O)C1(CCC(OI)CC1)C2)C(F)(F)F. The summed E-state index contributed by atoms with van der Waals surface area (Å²) in [4.78, 5) is 19.5. The zero-order chi connectivity index (χ0) is 21.2. The molecule has 1 saturated carbocycles. The summed E-state index contributed by atoms with van der Waals surface area (Å²) in [5, 5.41) is 0. The standard InChI is InChI=1S/C20H23F3IN3O2/c1-11(20(21,22)23)12-3-4-13-10-18(7-5-14(29-24)6-8-18)19(15(13)9-12)16(28)27(2)17(25)26-19/h3-4,9,11,14H,5-8,10H2,1-2H3,(H2,25,26). The van der Waals surface area contributed by atoms with Gasteiger partial charge in [0.05, 0.1) is 12.0 Å². The Bertz CT molecular complexity index is 880. The van der Waals surface area contributed by atoms with E-state index in [0.717, 1.165) is 25.3 Å². The maximum absolute atomic E-state index is 13.5. The maximum atomic E-state index is 13.5. The molecule has 5 nitrogen and oxygen atoms in total. The molecule has 1 aliphatic heterocycles. The van der Waals surface area contributed by atoms with E-state index in [1.807, 2.05) is 23.0 Å². The number of alkyl halides is 3. The normalized spacial score (nSPS) is 32.8. The number of likely N-dealkylation sites (N-methyl/N-ethyl adjacent to an activating group) is 1. The van der Waals surface area contributed by atoms with Crippen molar-refractivity contribution in [2.75, 3.05) is 7.05 Å². The summed E-state index contributed by atoms with van der Waals surface area (Å²) in [5.41, 5.74) is 5.91. The monoisotopic (exact) mass is 521 g/mol. The van der Waals surface area contributed by atoms with E-state index in [-0.39, 0.29) is 23.5 Å². The molecule has 2 spiro atoms. The number of amides is 1. The summed E-state index contributed by atoms with van der Waals surface area (Å²) in [6.07, 6.45) is -0.683. The van der Waals surface area contributed by atoms with Gasteiger partial charge in [0, 0.05) is 12.5 Å². The molecule has 0 aromatic heterocycles. The quantitative estimate of drug-likeness (QED) is 0.594. The van der Waals surface area contributed by atoms with Gasteiger partial charge in [-0.2, -0.15) is 13.2 Å². The van der Waals surface area contributed by atoms with Crippen LogP contribution in [-0.4, -0.2) is 36.1 Å². The summed E-state index contributed by atoms with van der Waals surface area (Å²) < 4.78 is 45.5. The summed E-state index contributed by atoms with van der Waals surface area (Å²) >= 11 is 1.90. The predicted molar refractivity (Wildman–Crippen MR) is 110 cm³/mol. The van der Waals surface area contributed by atoms with Crippen LogP contribution < -0.4 is 5.73 Å². The lowest BCUT2D eigenvalue weighted by Gasteiger charge is -2.44. The Kier molecular flexibility index (Phi) is 4.92. The van der Waals surface area contributed by atoms with E-state index in [1.54, 1.807) is 13.1 Å². The first-order valence-electron chi connectivity index (χ1n) is 9.66. The summed E-state index contributed by atoms with van der Waals surface area (Å²) in [6.45, 7) is 1.14. The van der Waals surface area contributed by atoms with E-state index in [2.05, 4.69) is 4.99 Å². The molecule has 3 aliphatic rings. The van der Waals surface area contributed by atoms with Crippen LogP contribution >= 0.6 is 23.0 Å². The van der Waals surface area contributed by atoms with Gasteiger partial charge >= 0.3 is 6.18 Å². The van der Waals surface area contributed by atoms with Gasteiger partial charge in [0.15, 0.2) is 11.5 Å². The third-order valence-corrected chi connectivity index (χ3v) is 7.79. The Morgan fingerprint density at radius 1 is 1.34 bits per heavy atom. The Morgan fingerprint density at radius 3 is 2.52 bits per heavy atom. The molecule has 0 bridgehead atoms. The van der Waals surface area contributed by atoms with Crippen molar-refractivity contribution < 1.29 is 21.0 Å². The molecule has 4 rings (SSSR count). The third-order valence-electron chi connectivity index (χ3n) is 7.07. The van der Waals surface area contributed by atoms with Crippen molar-refractivity contribution in [1.29, 1.82) is 0 Å². The number of hydrogen-bond acceptors (Lipinski definition) is 4. The zero-order valence-corrected chi connectivity index (χ0v) is 18.4. The first-order valence-corrected chi connectivity index (χ1v) is 10.5. The second kappa shape index (κ2) is 6.83. The molecule has 1 amide bonds. The first-order chi connectivity index (χ1) is 13.6. The van der Waals surface area contributed by atoms with Crippen molar-refractivity contribution in [2.24, 2.45) is 16.1 Å². The van der Waals surface area contributed by atoms with Crippen LogP contribution in [0.3, 0.4) is 0 Å².